The van der Waals surface area contributed by atoms with Gasteiger partial charge in [-0.2, -0.15) is 0 Å². The van der Waals surface area contributed by atoms with Crippen molar-refractivity contribution < 1.29 is 18.7 Å². The summed E-state index contributed by atoms with van der Waals surface area (Å²) in [5.41, 5.74) is 0.911. The summed E-state index contributed by atoms with van der Waals surface area (Å²) in [7, 11) is 1.36. The van der Waals surface area contributed by atoms with Gasteiger partial charge >= 0.3 is 5.97 Å². The molecule has 1 aromatic carbocycles. The lowest BCUT2D eigenvalue weighted by atomic mass is 10.1. The molecule has 0 aromatic heterocycles. The number of amides is 1. The summed E-state index contributed by atoms with van der Waals surface area (Å²) >= 11 is 0. The first-order valence-corrected chi connectivity index (χ1v) is 6.65. The van der Waals surface area contributed by atoms with Gasteiger partial charge in [-0.05, 0) is 31.9 Å². The molecule has 1 rings (SSSR count). The number of carbonyl (C=O) groups is 2. The number of unbranched alkanes of at least 4 members (excludes halogenated alkanes) is 2. The Morgan fingerprint density at radius 2 is 2.00 bits per heavy atom. The van der Waals surface area contributed by atoms with E-state index in [0.717, 1.165) is 24.8 Å². The largest absolute Gasteiger partial charge is 0.469 e. The maximum atomic E-state index is 13.5. The van der Waals surface area contributed by atoms with Crippen molar-refractivity contribution in [2.75, 3.05) is 13.7 Å². The van der Waals surface area contributed by atoms with Crippen LogP contribution in [-0.4, -0.2) is 25.5 Å². The number of esters is 1. The number of halogens is 1. The van der Waals surface area contributed by atoms with Gasteiger partial charge in [0, 0.05) is 13.0 Å². The number of methoxy groups -OCH3 is 1. The van der Waals surface area contributed by atoms with Crippen molar-refractivity contribution in [2.24, 2.45) is 0 Å². The minimum atomic E-state index is -0.515. The van der Waals surface area contributed by atoms with Crippen molar-refractivity contribution in [2.45, 2.75) is 32.6 Å². The van der Waals surface area contributed by atoms with Gasteiger partial charge < -0.3 is 10.1 Å². The van der Waals surface area contributed by atoms with E-state index in [-0.39, 0.29) is 11.5 Å². The van der Waals surface area contributed by atoms with Crippen LogP contribution in [0.2, 0.25) is 0 Å². The van der Waals surface area contributed by atoms with Gasteiger partial charge in [-0.15, -0.1) is 0 Å². The summed E-state index contributed by atoms with van der Waals surface area (Å²) in [5, 5.41) is 2.67. The van der Waals surface area contributed by atoms with Crippen LogP contribution in [-0.2, 0) is 9.53 Å². The molecule has 0 radical (unpaired) electrons. The van der Waals surface area contributed by atoms with Crippen molar-refractivity contribution in [3.63, 3.8) is 0 Å². The maximum absolute atomic E-state index is 13.5. The van der Waals surface area contributed by atoms with E-state index in [4.69, 9.17) is 0 Å². The average molecular weight is 281 g/mol. The number of carbonyl (C=O) groups excluding carboxylic acids is 2. The summed E-state index contributed by atoms with van der Waals surface area (Å²) in [6, 6.07) is 4.45. The fourth-order valence-corrected chi connectivity index (χ4v) is 1.78. The second-order valence-electron chi connectivity index (χ2n) is 4.63. The van der Waals surface area contributed by atoms with Crippen LogP contribution in [0.15, 0.2) is 18.2 Å². The van der Waals surface area contributed by atoms with Crippen LogP contribution in [0.4, 0.5) is 4.39 Å². The molecule has 0 aliphatic carbocycles. The Labute approximate surface area is 118 Å². The predicted octanol–water partition coefficient (Wildman–Crippen LogP) is 2.60. The highest BCUT2D eigenvalue weighted by Gasteiger charge is 2.10. The van der Waals surface area contributed by atoms with Gasteiger partial charge in [0.2, 0.25) is 0 Å². The third-order valence-corrected chi connectivity index (χ3v) is 2.94. The third kappa shape index (κ3) is 5.38. The van der Waals surface area contributed by atoms with Crippen LogP contribution in [0.1, 0.15) is 41.6 Å². The van der Waals surface area contributed by atoms with E-state index in [1.165, 1.54) is 19.2 Å². The molecule has 20 heavy (non-hydrogen) atoms. The summed E-state index contributed by atoms with van der Waals surface area (Å²) in [6.45, 7) is 2.27. The summed E-state index contributed by atoms with van der Waals surface area (Å²) in [6.07, 6.45) is 2.67. The molecule has 110 valence electrons. The van der Waals surface area contributed by atoms with Gasteiger partial charge in [0.05, 0.1) is 12.7 Å². The minimum Gasteiger partial charge on any atom is -0.469 e. The molecule has 0 aliphatic rings. The van der Waals surface area contributed by atoms with Crippen molar-refractivity contribution in [1.82, 2.24) is 5.32 Å². The Morgan fingerprint density at radius 3 is 2.70 bits per heavy atom. The zero-order valence-corrected chi connectivity index (χ0v) is 11.9. The highest BCUT2D eigenvalue weighted by Crippen LogP contribution is 2.10. The Morgan fingerprint density at radius 1 is 1.25 bits per heavy atom. The fourth-order valence-electron chi connectivity index (χ4n) is 1.78. The molecule has 1 N–H and O–H groups in total. The molecule has 0 saturated heterocycles. The van der Waals surface area contributed by atoms with Crippen molar-refractivity contribution in [3.8, 4) is 0 Å². The number of hydrogen-bond acceptors (Lipinski definition) is 3. The lowest BCUT2D eigenvalue weighted by molar-refractivity contribution is -0.140. The van der Waals surface area contributed by atoms with Gasteiger partial charge in [-0.1, -0.05) is 18.1 Å². The SMILES string of the molecule is COC(=O)CCCCCNC(=O)c1cc(C)ccc1F. The van der Waals surface area contributed by atoms with Gasteiger partial charge in [-0.3, -0.25) is 9.59 Å². The topological polar surface area (TPSA) is 55.4 Å². The smallest absolute Gasteiger partial charge is 0.305 e. The zero-order valence-electron chi connectivity index (χ0n) is 11.9. The molecule has 0 spiro atoms. The van der Waals surface area contributed by atoms with Crippen LogP contribution in [0, 0.1) is 12.7 Å². The summed E-state index contributed by atoms with van der Waals surface area (Å²) in [4.78, 5) is 22.7. The lowest BCUT2D eigenvalue weighted by Crippen LogP contribution is -2.25. The second-order valence-corrected chi connectivity index (χ2v) is 4.63. The number of nitrogens with one attached hydrogen (secondary N) is 1. The standard InChI is InChI=1S/C15H20FNO3/c1-11-7-8-13(16)12(10-11)15(19)17-9-5-3-4-6-14(18)20-2/h7-8,10H,3-6,9H2,1-2H3,(H,17,19). The molecule has 0 saturated carbocycles. The first kappa shape index (κ1) is 16.1. The Bertz CT molecular complexity index is 474. The Kier molecular flexibility index (Phi) is 6.70. The number of benzene rings is 1. The van der Waals surface area contributed by atoms with Gasteiger partial charge in [0.15, 0.2) is 0 Å². The van der Waals surface area contributed by atoms with Crippen molar-refractivity contribution in [1.29, 1.82) is 0 Å². The minimum absolute atomic E-state index is 0.0690. The highest BCUT2D eigenvalue weighted by atomic mass is 19.1. The van der Waals surface area contributed by atoms with E-state index in [1.807, 2.05) is 6.92 Å². The third-order valence-electron chi connectivity index (χ3n) is 2.94. The molecule has 0 bridgehead atoms. The number of rotatable bonds is 7. The van der Waals surface area contributed by atoms with Crippen LogP contribution >= 0.6 is 0 Å². The monoisotopic (exact) mass is 281 g/mol. The van der Waals surface area contributed by atoms with Crippen molar-refractivity contribution >= 4 is 11.9 Å². The van der Waals surface area contributed by atoms with Crippen LogP contribution in [0.5, 0.6) is 0 Å². The van der Waals surface area contributed by atoms with Crippen LogP contribution in [0.25, 0.3) is 0 Å². The molecule has 1 aromatic rings. The summed E-state index contributed by atoms with van der Waals surface area (Å²) in [5.74, 6) is -1.14. The Hall–Kier alpha value is -1.91. The first-order valence-electron chi connectivity index (χ1n) is 6.65. The van der Waals surface area contributed by atoms with E-state index >= 15 is 0 Å². The quantitative estimate of drug-likeness (QED) is 0.617. The molecular weight excluding hydrogens is 261 g/mol. The van der Waals surface area contributed by atoms with Crippen LogP contribution < -0.4 is 5.32 Å². The van der Waals surface area contributed by atoms with Crippen LogP contribution in [0.3, 0.4) is 0 Å². The molecular formula is C15H20FNO3. The zero-order chi connectivity index (χ0) is 15.0. The van der Waals surface area contributed by atoms with Gasteiger partial charge in [0.25, 0.3) is 5.91 Å². The molecule has 0 unspecified atom stereocenters. The van der Waals surface area contributed by atoms with Gasteiger partial charge in [0.1, 0.15) is 5.82 Å². The molecule has 0 aliphatic heterocycles. The van der Waals surface area contributed by atoms with E-state index in [0.29, 0.717) is 13.0 Å². The van der Waals surface area contributed by atoms with Gasteiger partial charge in [-0.25, -0.2) is 4.39 Å². The summed E-state index contributed by atoms with van der Waals surface area (Å²) < 4.78 is 18.0. The number of aryl methyl sites for hydroxylation is 1. The second kappa shape index (κ2) is 8.30. The molecule has 1 amide bonds. The predicted molar refractivity (Wildman–Crippen MR) is 74.0 cm³/mol. The average Bonchev–Trinajstić information content (AvgIpc) is 2.44. The van der Waals surface area contributed by atoms with Crippen molar-refractivity contribution in [3.05, 3.63) is 35.1 Å². The van der Waals surface area contributed by atoms with E-state index < -0.39 is 11.7 Å². The molecule has 0 atom stereocenters. The molecule has 5 heteroatoms. The molecule has 0 heterocycles. The Balaban J connectivity index is 2.27. The highest BCUT2D eigenvalue weighted by molar-refractivity contribution is 5.94. The fraction of sp³-hybridized carbons (Fsp3) is 0.467. The molecule has 4 nitrogen and oxygen atoms in total. The lowest BCUT2D eigenvalue weighted by Gasteiger charge is -2.07. The van der Waals surface area contributed by atoms with E-state index in [9.17, 15) is 14.0 Å². The number of hydrogen-bond donors (Lipinski definition) is 1. The van der Waals surface area contributed by atoms with E-state index in [1.54, 1.807) is 6.07 Å². The first-order chi connectivity index (χ1) is 9.54. The maximum Gasteiger partial charge on any atom is 0.305 e. The normalized spacial score (nSPS) is 10.2. The van der Waals surface area contributed by atoms with E-state index in [2.05, 4.69) is 10.1 Å². The molecule has 0 fully saturated rings. The number of ether oxygens (including phenoxy) is 1.